The molecule has 0 saturated carbocycles. The van der Waals surface area contributed by atoms with Gasteiger partial charge in [0, 0.05) is 30.4 Å². The first-order valence-corrected chi connectivity index (χ1v) is 7.43. The summed E-state index contributed by atoms with van der Waals surface area (Å²) in [6.45, 7) is 1.59. The maximum Gasteiger partial charge on any atom is 0.253 e. The van der Waals surface area contributed by atoms with Crippen LogP contribution in [0, 0.1) is 0 Å². The predicted molar refractivity (Wildman–Crippen MR) is 81.4 cm³/mol. The number of fused-ring (bicyclic) bond motifs is 1. The van der Waals surface area contributed by atoms with E-state index in [0.29, 0.717) is 18.0 Å². The molecule has 5 heteroatoms. The van der Waals surface area contributed by atoms with E-state index in [2.05, 4.69) is 24.3 Å². The Bertz CT molecular complexity index is 583. The van der Waals surface area contributed by atoms with Gasteiger partial charge in [0.1, 0.15) is 0 Å². The number of nitrogens with zero attached hydrogens (tertiary/aromatic N) is 2. The summed E-state index contributed by atoms with van der Waals surface area (Å²) in [5, 5.41) is 2.80. The maximum atomic E-state index is 12.6. The molecule has 1 atom stereocenters. The fraction of sp³-hybridized carbons (Fsp3) is 0.500. The van der Waals surface area contributed by atoms with E-state index in [9.17, 15) is 9.59 Å². The molecule has 1 unspecified atom stereocenters. The summed E-state index contributed by atoms with van der Waals surface area (Å²) in [4.78, 5) is 28.1. The van der Waals surface area contributed by atoms with Gasteiger partial charge in [0.05, 0.1) is 6.42 Å². The van der Waals surface area contributed by atoms with Crippen LogP contribution >= 0.6 is 0 Å². The van der Waals surface area contributed by atoms with E-state index in [0.717, 1.165) is 37.2 Å². The highest BCUT2D eigenvalue weighted by Crippen LogP contribution is 2.25. The second-order valence-corrected chi connectivity index (χ2v) is 6.11. The normalized spacial score (nSPS) is 21.4. The van der Waals surface area contributed by atoms with Crippen LogP contribution in [0.2, 0.25) is 0 Å². The maximum absolute atomic E-state index is 12.6. The molecule has 0 bridgehead atoms. The molecule has 2 aliphatic heterocycles. The van der Waals surface area contributed by atoms with E-state index >= 15 is 0 Å². The van der Waals surface area contributed by atoms with E-state index < -0.39 is 0 Å². The van der Waals surface area contributed by atoms with Gasteiger partial charge in [-0.2, -0.15) is 0 Å². The zero-order valence-corrected chi connectivity index (χ0v) is 12.6. The summed E-state index contributed by atoms with van der Waals surface area (Å²) in [5.41, 5.74) is 2.42. The summed E-state index contributed by atoms with van der Waals surface area (Å²) in [6.07, 6.45) is 2.59. The Hall–Kier alpha value is -1.88. The summed E-state index contributed by atoms with van der Waals surface area (Å²) in [7, 11) is 4.12. The van der Waals surface area contributed by atoms with Crippen LogP contribution < -0.4 is 5.32 Å². The van der Waals surface area contributed by atoms with Crippen molar-refractivity contribution < 1.29 is 9.59 Å². The lowest BCUT2D eigenvalue weighted by Crippen LogP contribution is -2.47. The molecule has 0 aromatic heterocycles. The van der Waals surface area contributed by atoms with Crippen molar-refractivity contribution in [3.8, 4) is 0 Å². The van der Waals surface area contributed by atoms with Crippen LogP contribution in [0.5, 0.6) is 0 Å². The van der Waals surface area contributed by atoms with Crippen LogP contribution in [0.3, 0.4) is 0 Å². The predicted octanol–water partition coefficient (Wildman–Crippen LogP) is 1.35. The lowest BCUT2D eigenvalue weighted by atomic mass is 10.0. The molecule has 1 aromatic carbocycles. The minimum absolute atomic E-state index is 0.000225. The Labute approximate surface area is 124 Å². The molecule has 0 radical (unpaired) electrons. The van der Waals surface area contributed by atoms with Crippen molar-refractivity contribution >= 4 is 17.5 Å². The zero-order chi connectivity index (χ0) is 15.0. The lowest BCUT2D eigenvalue weighted by molar-refractivity contribution is -0.115. The molecule has 2 amide bonds. The van der Waals surface area contributed by atoms with Gasteiger partial charge in [-0.15, -0.1) is 0 Å². The second kappa shape index (κ2) is 5.48. The molecule has 1 N–H and O–H groups in total. The van der Waals surface area contributed by atoms with Gasteiger partial charge in [0.2, 0.25) is 5.91 Å². The van der Waals surface area contributed by atoms with Crippen molar-refractivity contribution in [2.75, 3.05) is 32.5 Å². The Balaban J connectivity index is 1.76. The van der Waals surface area contributed by atoms with Gasteiger partial charge in [-0.1, -0.05) is 6.07 Å². The molecule has 0 aliphatic carbocycles. The number of rotatable bonds is 2. The van der Waals surface area contributed by atoms with Crippen molar-refractivity contribution in [3.63, 3.8) is 0 Å². The number of likely N-dealkylation sites (tertiary alicyclic amines) is 1. The zero-order valence-electron chi connectivity index (χ0n) is 12.6. The number of piperidine rings is 1. The number of carbonyl (C=O) groups is 2. The molecule has 2 heterocycles. The number of nitrogens with one attached hydrogen (secondary N) is 1. The molecule has 3 rings (SSSR count). The van der Waals surface area contributed by atoms with Crippen molar-refractivity contribution in [2.45, 2.75) is 25.3 Å². The van der Waals surface area contributed by atoms with Crippen LogP contribution in [0.4, 0.5) is 5.69 Å². The molecule has 5 nitrogen and oxygen atoms in total. The smallest absolute Gasteiger partial charge is 0.253 e. The third-order valence-electron chi connectivity index (χ3n) is 4.40. The van der Waals surface area contributed by atoms with Crippen LogP contribution in [0.25, 0.3) is 0 Å². The number of likely N-dealkylation sites (N-methyl/N-ethyl adjacent to an activating group) is 1. The Morgan fingerprint density at radius 3 is 2.95 bits per heavy atom. The standard InChI is InChI=1S/C16H21N3O2/c1-18(2)13-4-3-7-19(10-13)16(21)12-6-5-11-9-15(20)17-14(11)8-12/h5-6,8,13H,3-4,7,9-10H2,1-2H3,(H,17,20). The SMILES string of the molecule is CN(C)C1CCCN(C(=O)c2ccc3c(c2)NC(=O)C3)C1. The van der Waals surface area contributed by atoms with Gasteiger partial charge in [-0.25, -0.2) is 0 Å². The highest BCUT2D eigenvalue weighted by molar-refractivity contribution is 6.02. The molecule has 1 saturated heterocycles. The molecule has 112 valence electrons. The first kappa shape index (κ1) is 14.1. The van der Waals surface area contributed by atoms with Crippen LogP contribution in [0.15, 0.2) is 18.2 Å². The lowest BCUT2D eigenvalue weighted by Gasteiger charge is -2.36. The topological polar surface area (TPSA) is 52.6 Å². The number of hydrogen-bond acceptors (Lipinski definition) is 3. The summed E-state index contributed by atoms with van der Waals surface area (Å²) in [5.74, 6) is 0.0609. The average molecular weight is 287 g/mol. The van der Waals surface area contributed by atoms with E-state index in [4.69, 9.17) is 0 Å². The third kappa shape index (κ3) is 2.78. The van der Waals surface area contributed by atoms with Gasteiger partial charge in [-0.3, -0.25) is 9.59 Å². The Morgan fingerprint density at radius 2 is 2.19 bits per heavy atom. The van der Waals surface area contributed by atoms with Crippen LogP contribution in [-0.4, -0.2) is 54.8 Å². The summed E-state index contributed by atoms with van der Waals surface area (Å²) < 4.78 is 0. The molecule has 1 fully saturated rings. The van der Waals surface area contributed by atoms with E-state index in [1.54, 1.807) is 0 Å². The van der Waals surface area contributed by atoms with Crippen LogP contribution in [0.1, 0.15) is 28.8 Å². The van der Waals surface area contributed by atoms with Crippen molar-refractivity contribution in [2.24, 2.45) is 0 Å². The minimum Gasteiger partial charge on any atom is -0.337 e. The van der Waals surface area contributed by atoms with Crippen LogP contribution in [-0.2, 0) is 11.2 Å². The fourth-order valence-electron chi connectivity index (χ4n) is 3.09. The van der Waals surface area contributed by atoms with E-state index in [-0.39, 0.29) is 11.8 Å². The molecule has 0 spiro atoms. The average Bonchev–Trinajstić information content (AvgIpc) is 2.85. The van der Waals surface area contributed by atoms with E-state index in [1.165, 1.54) is 0 Å². The number of hydrogen-bond donors (Lipinski definition) is 1. The van der Waals surface area contributed by atoms with Gasteiger partial charge >= 0.3 is 0 Å². The Kier molecular flexibility index (Phi) is 3.68. The molecular formula is C16H21N3O2. The van der Waals surface area contributed by atoms with Gasteiger partial charge in [0.15, 0.2) is 0 Å². The van der Waals surface area contributed by atoms with E-state index in [1.807, 2.05) is 23.1 Å². The highest BCUT2D eigenvalue weighted by atomic mass is 16.2. The van der Waals surface area contributed by atoms with Gasteiger partial charge < -0.3 is 15.1 Å². The largest absolute Gasteiger partial charge is 0.337 e. The summed E-state index contributed by atoms with van der Waals surface area (Å²) >= 11 is 0. The first-order chi connectivity index (χ1) is 10.0. The third-order valence-corrected chi connectivity index (χ3v) is 4.40. The quantitative estimate of drug-likeness (QED) is 0.893. The summed E-state index contributed by atoms with van der Waals surface area (Å²) in [6, 6.07) is 5.95. The van der Waals surface area contributed by atoms with Gasteiger partial charge in [0.25, 0.3) is 5.91 Å². The first-order valence-electron chi connectivity index (χ1n) is 7.43. The van der Waals surface area contributed by atoms with Gasteiger partial charge in [-0.05, 0) is 44.6 Å². The Morgan fingerprint density at radius 1 is 1.38 bits per heavy atom. The van der Waals surface area contributed by atoms with Crippen molar-refractivity contribution in [1.82, 2.24) is 9.80 Å². The molecule has 1 aromatic rings. The fourth-order valence-corrected chi connectivity index (χ4v) is 3.09. The molecule has 21 heavy (non-hydrogen) atoms. The number of carbonyl (C=O) groups excluding carboxylic acids is 2. The monoisotopic (exact) mass is 287 g/mol. The van der Waals surface area contributed by atoms with Crippen molar-refractivity contribution in [1.29, 1.82) is 0 Å². The number of anilines is 1. The second-order valence-electron chi connectivity index (χ2n) is 6.11. The highest BCUT2D eigenvalue weighted by Gasteiger charge is 2.26. The number of benzene rings is 1. The molecule has 2 aliphatic rings. The minimum atomic E-state index is 0.000225. The number of amides is 2. The molecular weight excluding hydrogens is 266 g/mol. The van der Waals surface area contributed by atoms with Crippen molar-refractivity contribution in [3.05, 3.63) is 29.3 Å².